The molecular formula is C23H34N4O2. The maximum Gasteiger partial charge on any atom is 0.193 e. The molecule has 1 fully saturated rings. The van der Waals surface area contributed by atoms with E-state index in [0.29, 0.717) is 0 Å². The second-order valence-electron chi connectivity index (χ2n) is 8.26. The molecule has 6 heteroatoms. The van der Waals surface area contributed by atoms with Gasteiger partial charge in [0, 0.05) is 42.6 Å². The van der Waals surface area contributed by atoms with Gasteiger partial charge >= 0.3 is 0 Å². The van der Waals surface area contributed by atoms with Crippen molar-refractivity contribution in [1.82, 2.24) is 14.8 Å². The van der Waals surface area contributed by atoms with E-state index < -0.39 is 0 Å². The lowest BCUT2D eigenvalue weighted by molar-refractivity contribution is -0.0946. The van der Waals surface area contributed by atoms with Crippen molar-refractivity contribution in [2.75, 3.05) is 40.5 Å². The molecule has 1 aromatic carbocycles. The van der Waals surface area contributed by atoms with Crippen LogP contribution in [0.1, 0.15) is 30.8 Å². The normalized spacial score (nSPS) is 15.7. The first-order valence-electron chi connectivity index (χ1n) is 10.3. The summed E-state index contributed by atoms with van der Waals surface area (Å²) in [5.41, 5.74) is 5.08. The Morgan fingerprint density at radius 3 is 2.52 bits per heavy atom. The fraction of sp³-hybridized carbons (Fsp3) is 0.522. The summed E-state index contributed by atoms with van der Waals surface area (Å²) in [4.78, 5) is 7.07. The fourth-order valence-electron chi connectivity index (χ4n) is 3.73. The van der Waals surface area contributed by atoms with Crippen molar-refractivity contribution in [2.24, 2.45) is 10.4 Å². The predicted molar refractivity (Wildman–Crippen MR) is 118 cm³/mol. The zero-order chi connectivity index (χ0) is 21.0. The quantitative estimate of drug-likeness (QED) is 0.573. The summed E-state index contributed by atoms with van der Waals surface area (Å²) >= 11 is 0. The first-order valence-corrected chi connectivity index (χ1v) is 10.3. The zero-order valence-corrected chi connectivity index (χ0v) is 18.6. The maximum absolute atomic E-state index is 5.36. The standard InChI is InChI=1S/C23H34N4O2/c1-7-24-22(25-14-23(4)15-29-16-23)26(5)13-19-12-17(2)27(18(19)3)20-8-10-21(28-6)11-9-20/h8-12H,7,13-16H2,1-6H3,(H,24,25). The second-order valence-corrected chi connectivity index (χ2v) is 8.26. The van der Waals surface area contributed by atoms with Crippen LogP contribution in [0.2, 0.25) is 0 Å². The zero-order valence-electron chi connectivity index (χ0n) is 18.6. The molecule has 0 amide bonds. The molecule has 0 atom stereocenters. The van der Waals surface area contributed by atoms with E-state index in [1.807, 2.05) is 12.1 Å². The van der Waals surface area contributed by atoms with Gasteiger partial charge in [0.2, 0.25) is 0 Å². The van der Waals surface area contributed by atoms with Crippen molar-refractivity contribution in [3.63, 3.8) is 0 Å². The van der Waals surface area contributed by atoms with Gasteiger partial charge in [-0.1, -0.05) is 6.92 Å². The third-order valence-electron chi connectivity index (χ3n) is 5.48. The molecule has 1 aromatic heterocycles. The highest BCUT2D eigenvalue weighted by Gasteiger charge is 2.33. The number of methoxy groups -OCH3 is 1. The summed E-state index contributed by atoms with van der Waals surface area (Å²) in [5.74, 6) is 1.81. The molecule has 0 unspecified atom stereocenters. The highest BCUT2D eigenvalue weighted by atomic mass is 16.5. The summed E-state index contributed by atoms with van der Waals surface area (Å²) in [5, 5.41) is 3.42. The van der Waals surface area contributed by atoms with Crippen molar-refractivity contribution in [2.45, 2.75) is 34.2 Å². The number of aliphatic imine (C=N–C) groups is 1. The summed E-state index contributed by atoms with van der Waals surface area (Å²) in [6.45, 7) is 12.7. The molecule has 29 heavy (non-hydrogen) atoms. The number of nitrogens with one attached hydrogen (secondary N) is 1. The number of aryl methyl sites for hydroxylation is 1. The summed E-state index contributed by atoms with van der Waals surface area (Å²) in [6.07, 6.45) is 0. The Balaban J connectivity index is 1.78. The van der Waals surface area contributed by atoms with Crippen LogP contribution in [0.15, 0.2) is 35.3 Å². The highest BCUT2D eigenvalue weighted by Crippen LogP contribution is 2.27. The number of benzene rings is 1. The van der Waals surface area contributed by atoms with Gasteiger partial charge in [-0.05, 0) is 56.7 Å². The van der Waals surface area contributed by atoms with Crippen LogP contribution < -0.4 is 10.1 Å². The van der Waals surface area contributed by atoms with E-state index >= 15 is 0 Å². The van der Waals surface area contributed by atoms with Crippen LogP contribution in [-0.4, -0.2) is 55.9 Å². The Kier molecular flexibility index (Phi) is 6.52. The van der Waals surface area contributed by atoms with Gasteiger partial charge in [-0.25, -0.2) is 0 Å². The first kappa shape index (κ1) is 21.2. The van der Waals surface area contributed by atoms with Crippen molar-refractivity contribution in [3.05, 3.63) is 47.3 Å². The van der Waals surface area contributed by atoms with Crippen molar-refractivity contribution in [1.29, 1.82) is 0 Å². The molecule has 3 rings (SSSR count). The average Bonchev–Trinajstić information content (AvgIpc) is 2.96. The van der Waals surface area contributed by atoms with E-state index in [2.05, 4.69) is 67.7 Å². The van der Waals surface area contributed by atoms with Crippen LogP contribution in [0.4, 0.5) is 0 Å². The van der Waals surface area contributed by atoms with Gasteiger partial charge < -0.3 is 24.3 Å². The highest BCUT2D eigenvalue weighted by molar-refractivity contribution is 5.79. The van der Waals surface area contributed by atoms with Crippen LogP contribution in [0.3, 0.4) is 0 Å². The SMILES string of the molecule is CCNC(=NCC1(C)COC1)N(C)Cc1cc(C)n(-c2ccc(OC)cc2)c1C. The maximum atomic E-state index is 5.36. The van der Waals surface area contributed by atoms with Gasteiger partial charge in [-0.2, -0.15) is 0 Å². The molecule has 0 spiro atoms. The van der Waals surface area contributed by atoms with E-state index in [1.165, 1.54) is 17.0 Å². The Labute approximate surface area is 174 Å². The Bertz CT molecular complexity index is 851. The summed E-state index contributed by atoms with van der Waals surface area (Å²) in [6, 6.07) is 10.5. The molecule has 6 nitrogen and oxygen atoms in total. The van der Waals surface area contributed by atoms with Gasteiger partial charge in [0.15, 0.2) is 5.96 Å². The van der Waals surface area contributed by atoms with E-state index in [0.717, 1.165) is 50.2 Å². The van der Waals surface area contributed by atoms with Crippen LogP contribution in [-0.2, 0) is 11.3 Å². The van der Waals surface area contributed by atoms with Crippen LogP contribution in [0, 0.1) is 19.3 Å². The topological polar surface area (TPSA) is 51.0 Å². The molecule has 1 saturated heterocycles. The monoisotopic (exact) mass is 398 g/mol. The predicted octanol–water partition coefficient (Wildman–Crippen LogP) is 3.54. The van der Waals surface area contributed by atoms with E-state index in [4.69, 9.17) is 14.5 Å². The fourth-order valence-corrected chi connectivity index (χ4v) is 3.73. The lowest BCUT2D eigenvalue weighted by atomic mass is 9.89. The van der Waals surface area contributed by atoms with Crippen molar-refractivity contribution < 1.29 is 9.47 Å². The largest absolute Gasteiger partial charge is 0.497 e. The number of hydrogen-bond donors (Lipinski definition) is 1. The number of aromatic nitrogens is 1. The lowest BCUT2D eigenvalue weighted by Gasteiger charge is -2.37. The Hall–Kier alpha value is -2.47. The number of hydrogen-bond acceptors (Lipinski definition) is 3. The molecule has 1 N–H and O–H groups in total. The van der Waals surface area contributed by atoms with E-state index in [9.17, 15) is 0 Å². The Morgan fingerprint density at radius 2 is 1.97 bits per heavy atom. The van der Waals surface area contributed by atoms with E-state index in [1.54, 1.807) is 7.11 Å². The number of nitrogens with zero attached hydrogens (tertiary/aromatic N) is 3. The molecule has 1 aliphatic rings. The van der Waals surface area contributed by atoms with Gasteiger partial charge in [-0.3, -0.25) is 4.99 Å². The summed E-state index contributed by atoms with van der Waals surface area (Å²) < 4.78 is 12.9. The smallest absolute Gasteiger partial charge is 0.193 e. The average molecular weight is 399 g/mol. The minimum absolute atomic E-state index is 0.172. The molecule has 0 radical (unpaired) electrons. The molecule has 2 heterocycles. The number of rotatable bonds is 7. The second kappa shape index (κ2) is 8.91. The number of guanidine groups is 1. The minimum atomic E-state index is 0.172. The van der Waals surface area contributed by atoms with Crippen molar-refractivity contribution >= 4 is 5.96 Å². The van der Waals surface area contributed by atoms with Gasteiger partial charge in [0.05, 0.1) is 26.9 Å². The Morgan fingerprint density at radius 1 is 1.28 bits per heavy atom. The van der Waals surface area contributed by atoms with Gasteiger partial charge in [0.25, 0.3) is 0 Å². The third-order valence-corrected chi connectivity index (χ3v) is 5.48. The third kappa shape index (κ3) is 4.75. The van der Waals surface area contributed by atoms with Gasteiger partial charge in [0.1, 0.15) is 5.75 Å². The van der Waals surface area contributed by atoms with Gasteiger partial charge in [-0.15, -0.1) is 0 Å². The number of ether oxygens (including phenoxy) is 2. The van der Waals surface area contributed by atoms with Crippen LogP contribution >= 0.6 is 0 Å². The summed E-state index contributed by atoms with van der Waals surface area (Å²) in [7, 11) is 3.79. The minimum Gasteiger partial charge on any atom is -0.497 e. The molecule has 0 saturated carbocycles. The first-order chi connectivity index (χ1) is 13.9. The van der Waals surface area contributed by atoms with Crippen LogP contribution in [0.25, 0.3) is 5.69 Å². The van der Waals surface area contributed by atoms with Crippen LogP contribution in [0.5, 0.6) is 5.75 Å². The molecule has 158 valence electrons. The molecule has 0 aliphatic carbocycles. The molecule has 2 aromatic rings. The molecule has 1 aliphatic heterocycles. The van der Waals surface area contributed by atoms with Crippen molar-refractivity contribution in [3.8, 4) is 11.4 Å². The molecule has 0 bridgehead atoms. The lowest BCUT2D eigenvalue weighted by Crippen LogP contribution is -2.44. The van der Waals surface area contributed by atoms with E-state index in [-0.39, 0.29) is 5.41 Å². The molecular weight excluding hydrogens is 364 g/mol.